The Hall–Kier alpha value is -4.48. The van der Waals surface area contributed by atoms with Gasteiger partial charge in [0, 0.05) is 36.0 Å². The number of benzene rings is 2. The lowest BCUT2D eigenvalue weighted by Crippen LogP contribution is -2.35. The highest BCUT2D eigenvalue weighted by atomic mass is 16.5. The van der Waals surface area contributed by atoms with Crippen LogP contribution in [0.1, 0.15) is 48.9 Å². The second kappa shape index (κ2) is 14.1. The van der Waals surface area contributed by atoms with Crippen LogP contribution in [0.3, 0.4) is 0 Å². The minimum Gasteiger partial charge on any atom is -0.496 e. The van der Waals surface area contributed by atoms with Crippen molar-refractivity contribution in [3.63, 3.8) is 0 Å². The fourth-order valence-corrected chi connectivity index (χ4v) is 4.54. The van der Waals surface area contributed by atoms with Crippen molar-refractivity contribution in [1.82, 2.24) is 0 Å². The van der Waals surface area contributed by atoms with E-state index in [0.29, 0.717) is 28.2 Å². The van der Waals surface area contributed by atoms with E-state index >= 15 is 0 Å². The third kappa shape index (κ3) is 8.01. The number of hydrogen-bond donors (Lipinski definition) is 2. The molecule has 40 heavy (non-hydrogen) atoms. The first-order valence-electron chi connectivity index (χ1n) is 12.1. The van der Waals surface area contributed by atoms with E-state index in [-0.39, 0.29) is 36.7 Å². The van der Waals surface area contributed by atoms with Crippen molar-refractivity contribution in [3.05, 3.63) is 46.5 Å². The highest BCUT2D eigenvalue weighted by molar-refractivity contribution is 5.75. The fraction of sp³-hybridized carbons (Fsp3) is 0.429. The normalized spacial score (nSPS) is 10.8. The second-order valence-electron chi connectivity index (χ2n) is 9.00. The van der Waals surface area contributed by atoms with E-state index < -0.39 is 42.1 Å². The van der Waals surface area contributed by atoms with Gasteiger partial charge in [-0.2, -0.15) is 0 Å². The zero-order valence-electron chi connectivity index (χ0n) is 23.3. The largest absolute Gasteiger partial charge is 0.496 e. The predicted octanol–water partition coefficient (Wildman–Crippen LogP) is 3.28. The molecule has 0 atom stereocenters. The van der Waals surface area contributed by atoms with Gasteiger partial charge in [-0.1, -0.05) is 0 Å². The van der Waals surface area contributed by atoms with Gasteiger partial charge in [-0.15, -0.1) is 0 Å². The molecule has 0 amide bonds. The van der Waals surface area contributed by atoms with E-state index in [9.17, 15) is 29.4 Å². The molecule has 0 bridgehead atoms. The van der Waals surface area contributed by atoms with Crippen molar-refractivity contribution >= 4 is 23.9 Å². The number of carboxylic acid groups (broad SMARTS) is 2. The molecule has 0 saturated heterocycles. The maximum atomic E-state index is 12.2. The van der Waals surface area contributed by atoms with Gasteiger partial charge in [0.2, 0.25) is 0 Å². The smallest absolute Gasteiger partial charge is 0.304 e. The van der Waals surface area contributed by atoms with Gasteiger partial charge in [0.1, 0.15) is 36.2 Å². The molecule has 2 aromatic carbocycles. The highest BCUT2D eigenvalue weighted by Gasteiger charge is 2.41. The Morgan fingerprint density at radius 1 is 0.625 bits per heavy atom. The summed E-state index contributed by atoms with van der Waals surface area (Å²) < 4.78 is 32.3. The van der Waals surface area contributed by atoms with Gasteiger partial charge >= 0.3 is 23.9 Å². The van der Waals surface area contributed by atoms with Crippen LogP contribution in [0, 0.1) is 0 Å². The topological polar surface area (TPSA) is 164 Å². The number of ether oxygens (including phenoxy) is 6. The molecule has 0 unspecified atom stereocenters. The average molecular weight is 563 g/mol. The number of esters is 2. The standard InChI is InChI=1S/C28H34O12/c1-16(29)39-14-19-8-22(35-3)18(7-23(19)36-4)11-28(12-26(31)32,13-27(33)34)21-10-24(37-5)20(9-25(21)38-6)15-40-17(2)30/h7-10H,11-15H2,1-6H3,(H,31,32)(H,33,34). The number of carbonyl (C=O) groups is 4. The summed E-state index contributed by atoms with van der Waals surface area (Å²) in [7, 11) is 5.57. The summed E-state index contributed by atoms with van der Waals surface area (Å²) in [5, 5.41) is 19.9. The molecule has 12 heteroatoms. The third-order valence-electron chi connectivity index (χ3n) is 6.23. The molecule has 0 fully saturated rings. The van der Waals surface area contributed by atoms with Crippen LogP contribution in [-0.4, -0.2) is 62.5 Å². The summed E-state index contributed by atoms with van der Waals surface area (Å²) in [5.74, 6) is -2.44. The molecule has 0 radical (unpaired) electrons. The Balaban J connectivity index is 2.82. The lowest BCUT2D eigenvalue weighted by Gasteiger charge is -2.34. The average Bonchev–Trinajstić information content (AvgIpc) is 2.89. The number of aliphatic carboxylic acids is 2. The maximum absolute atomic E-state index is 12.2. The van der Waals surface area contributed by atoms with Gasteiger partial charge in [-0.05, 0) is 36.2 Å². The zero-order chi connectivity index (χ0) is 30.0. The first kappa shape index (κ1) is 31.7. The van der Waals surface area contributed by atoms with Crippen molar-refractivity contribution in [2.75, 3.05) is 28.4 Å². The van der Waals surface area contributed by atoms with Gasteiger partial charge < -0.3 is 38.6 Å². The summed E-state index contributed by atoms with van der Waals surface area (Å²) in [6, 6.07) is 6.20. The van der Waals surface area contributed by atoms with E-state index in [4.69, 9.17) is 28.4 Å². The molecule has 218 valence electrons. The molecule has 0 aliphatic carbocycles. The molecule has 2 N–H and O–H groups in total. The Labute approximate surface area is 231 Å². The second-order valence-corrected chi connectivity index (χ2v) is 9.00. The SMILES string of the molecule is COc1cc(CC(CC(=O)O)(CC(=O)O)c2cc(OC)c(COC(C)=O)cc2OC)c(OC)cc1COC(C)=O. The molecule has 0 aliphatic heterocycles. The minimum atomic E-state index is -1.56. The van der Waals surface area contributed by atoms with Crippen molar-refractivity contribution in [3.8, 4) is 23.0 Å². The summed E-state index contributed by atoms with van der Waals surface area (Å²) in [6.45, 7) is 2.28. The van der Waals surface area contributed by atoms with E-state index in [1.165, 1.54) is 54.4 Å². The van der Waals surface area contributed by atoms with E-state index in [2.05, 4.69) is 0 Å². The van der Waals surface area contributed by atoms with Crippen LogP contribution in [0.15, 0.2) is 24.3 Å². The Kier molecular flexibility index (Phi) is 11.2. The van der Waals surface area contributed by atoms with Gasteiger partial charge in [-0.3, -0.25) is 19.2 Å². The lowest BCUT2D eigenvalue weighted by molar-refractivity contribution is -0.143. The molecular formula is C28H34O12. The molecule has 0 saturated carbocycles. The third-order valence-corrected chi connectivity index (χ3v) is 6.23. The molecule has 0 spiro atoms. The predicted molar refractivity (Wildman–Crippen MR) is 140 cm³/mol. The molecule has 0 heterocycles. The summed E-state index contributed by atoms with van der Waals surface area (Å²) in [5.41, 5.74) is 0.0689. The van der Waals surface area contributed by atoms with Crippen molar-refractivity contribution in [1.29, 1.82) is 0 Å². The summed E-state index contributed by atoms with van der Waals surface area (Å²) in [4.78, 5) is 47.2. The zero-order valence-corrected chi connectivity index (χ0v) is 23.3. The van der Waals surface area contributed by atoms with Gasteiger partial charge in [0.15, 0.2) is 0 Å². The number of methoxy groups -OCH3 is 4. The molecule has 2 aromatic rings. The summed E-state index contributed by atoms with van der Waals surface area (Å²) in [6.07, 6.45) is -1.31. The van der Waals surface area contributed by atoms with Crippen LogP contribution in [0.2, 0.25) is 0 Å². The molecule has 2 rings (SSSR count). The van der Waals surface area contributed by atoms with E-state index in [0.717, 1.165) is 0 Å². The molecule has 0 aromatic heterocycles. The van der Waals surface area contributed by atoms with Crippen molar-refractivity contribution in [2.45, 2.75) is 51.7 Å². The van der Waals surface area contributed by atoms with E-state index in [1.807, 2.05) is 0 Å². The number of hydrogen-bond acceptors (Lipinski definition) is 10. The van der Waals surface area contributed by atoms with E-state index in [1.54, 1.807) is 12.1 Å². The first-order valence-corrected chi connectivity index (χ1v) is 12.1. The van der Waals surface area contributed by atoms with Gasteiger partial charge in [0.25, 0.3) is 0 Å². The highest BCUT2D eigenvalue weighted by Crippen LogP contribution is 2.46. The van der Waals surface area contributed by atoms with Crippen LogP contribution in [0.5, 0.6) is 23.0 Å². The van der Waals surface area contributed by atoms with Crippen LogP contribution < -0.4 is 18.9 Å². The van der Waals surface area contributed by atoms with Crippen LogP contribution in [-0.2, 0) is 53.7 Å². The molecular weight excluding hydrogens is 528 g/mol. The first-order chi connectivity index (χ1) is 18.9. The van der Waals surface area contributed by atoms with Crippen LogP contribution >= 0.6 is 0 Å². The fourth-order valence-electron chi connectivity index (χ4n) is 4.54. The monoisotopic (exact) mass is 562 g/mol. The van der Waals surface area contributed by atoms with Crippen molar-refractivity contribution in [2.24, 2.45) is 0 Å². The van der Waals surface area contributed by atoms with Gasteiger partial charge in [-0.25, -0.2) is 0 Å². The van der Waals surface area contributed by atoms with Crippen molar-refractivity contribution < 1.29 is 57.8 Å². The Bertz CT molecular complexity index is 1230. The Morgan fingerprint density at radius 2 is 1.00 bits per heavy atom. The summed E-state index contributed by atoms with van der Waals surface area (Å²) >= 11 is 0. The number of carboxylic acids is 2. The molecule has 0 aliphatic rings. The van der Waals surface area contributed by atoms with Crippen LogP contribution in [0.4, 0.5) is 0 Å². The Morgan fingerprint density at radius 3 is 1.40 bits per heavy atom. The lowest BCUT2D eigenvalue weighted by atomic mass is 9.69. The minimum absolute atomic E-state index is 0.0979. The molecule has 12 nitrogen and oxygen atoms in total. The van der Waals surface area contributed by atoms with Gasteiger partial charge in [0.05, 0.1) is 41.3 Å². The van der Waals surface area contributed by atoms with Crippen LogP contribution in [0.25, 0.3) is 0 Å². The maximum Gasteiger partial charge on any atom is 0.304 e. The number of carbonyl (C=O) groups excluding carboxylic acids is 2. The quantitative estimate of drug-likeness (QED) is 0.305. The number of rotatable bonds is 15.